The maximum absolute atomic E-state index is 15.2. The number of fused-ring (bicyclic) bond motifs is 2. The molecule has 1 N–H and O–H groups in total. The predicted octanol–water partition coefficient (Wildman–Crippen LogP) is 4.68. The van der Waals surface area contributed by atoms with E-state index in [4.69, 9.17) is 9.47 Å². The molecule has 36 heavy (non-hydrogen) atoms. The van der Waals surface area contributed by atoms with Gasteiger partial charge < -0.3 is 24.6 Å². The highest BCUT2D eigenvalue weighted by molar-refractivity contribution is 7.16. The van der Waals surface area contributed by atoms with E-state index >= 15 is 4.39 Å². The van der Waals surface area contributed by atoms with Gasteiger partial charge in [-0.2, -0.15) is 0 Å². The topological polar surface area (TPSA) is 75.6 Å². The molecule has 4 heterocycles. The van der Waals surface area contributed by atoms with Gasteiger partial charge in [-0.25, -0.2) is 19.3 Å². The summed E-state index contributed by atoms with van der Waals surface area (Å²) in [6.07, 6.45) is 1.47. The van der Waals surface area contributed by atoms with Crippen LogP contribution >= 0.6 is 11.3 Å². The van der Waals surface area contributed by atoms with Gasteiger partial charge in [-0.05, 0) is 39.1 Å². The highest BCUT2D eigenvalue weighted by atomic mass is 32.1. The lowest BCUT2D eigenvalue weighted by Crippen LogP contribution is -2.50. The Bertz CT molecular complexity index is 1410. The summed E-state index contributed by atoms with van der Waals surface area (Å²) >= 11 is 1.28. The molecule has 0 unspecified atom stereocenters. The number of rotatable bonds is 6. The summed E-state index contributed by atoms with van der Waals surface area (Å²) in [6, 6.07) is 8.10. The van der Waals surface area contributed by atoms with Crippen LogP contribution < -0.4 is 15.0 Å². The van der Waals surface area contributed by atoms with Crippen LogP contribution in [0.2, 0.25) is 0 Å². The van der Waals surface area contributed by atoms with Gasteiger partial charge in [0.2, 0.25) is 0 Å². The average Bonchev–Trinajstić information content (AvgIpc) is 3.31. The molecule has 2 aliphatic rings. The maximum Gasteiger partial charge on any atom is 0.166 e. The molecule has 188 valence electrons. The van der Waals surface area contributed by atoms with Crippen LogP contribution in [0, 0.1) is 11.7 Å². The van der Waals surface area contributed by atoms with Crippen LogP contribution in [-0.2, 0) is 4.74 Å². The molecule has 0 radical (unpaired) electrons. The van der Waals surface area contributed by atoms with Crippen molar-refractivity contribution < 1.29 is 13.9 Å². The van der Waals surface area contributed by atoms with Crippen molar-refractivity contribution in [2.75, 3.05) is 50.1 Å². The standard InChI is InChI=1S/C26H29FN6O2S/c1-15-10-33(7-6-32(15)3)18-8-21-23(22(9-18)35-16(2)17-11-34-12-17)26(29-13-28-21)31-19-4-5-20-25(24(19)27)36-14-30-20/h4-5,8-9,13-17H,6-7,10-12H2,1-3H3,(H,28,29,31)/t15-,16+/m0/s1. The van der Waals surface area contributed by atoms with E-state index in [1.54, 1.807) is 11.6 Å². The maximum atomic E-state index is 15.2. The normalized spacial score (nSPS) is 20.0. The molecule has 0 aliphatic carbocycles. The molecule has 0 bridgehead atoms. The summed E-state index contributed by atoms with van der Waals surface area (Å²) in [6.45, 7) is 8.52. The number of halogens is 1. The van der Waals surface area contributed by atoms with Crippen molar-refractivity contribution in [2.45, 2.75) is 26.0 Å². The van der Waals surface area contributed by atoms with E-state index in [9.17, 15) is 0 Å². The molecule has 0 amide bonds. The van der Waals surface area contributed by atoms with Crippen LogP contribution in [0.3, 0.4) is 0 Å². The Balaban J connectivity index is 1.42. The zero-order valence-corrected chi connectivity index (χ0v) is 21.4. The van der Waals surface area contributed by atoms with Gasteiger partial charge in [-0.3, -0.25) is 0 Å². The molecule has 2 saturated heterocycles. The molecule has 0 saturated carbocycles. The van der Waals surface area contributed by atoms with Gasteiger partial charge in [0.05, 0.1) is 45.5 Å². The van der Waals surface area contributed by atoms with E-state index in [2.05, 4.69) is 63.1 Å². The van der Waals surface area contributed by atoms with E-state index in [1.807, 2.05) is 6.07 Å². The van der Waals surface area contributed by atoms with Crippen LogP contribution in [0.15, 0.2) is 36.1 Å². The van der Waals surface area contributed by atoms with E-state index in [-0.39, 0.29) is 11.9 Å². The predicted molar refractivity (Wildman–Crippen MR) is 141 cm³/mol. The fourth-order valence-electron chi connectivity index (χ4n) is 4.73. The van der Waals surface area contributed by atoms with E-state index < -0.39 is 0 Å². The van der Waals surface area contributed by atoms with Gasteiger partial charge in [0, 0.05) is 43.3 Å². The molecule has 2 atom stereocenters. The van der Waals surface area contributed by atoms with Crippen LogP contribution in [0.25, 0.3) is 21.1 Å². The number of likely N-dealkylation sites (N-methyl/N-ethyl adjacent to an activating group) is 1. The first-order chi connectivity index (χ1) is 17.5. The lowest BCUT2D eigenvalue weighted by atomic mass is 10.0. The van der Waals surface area contributed by atoms with Crippen LogP contribution in [0.4, 0.5) is 21.6 Å². The van der Waals surface area contributed by atoms with Gasteiger partial charge in [0.1, 0.15) is 24.0 Å². The van der Waals surface area contributed by atoms with Crippen LogP contribution in [-0.4, -0.2) is 71.9 Å². The molecule has 2 aliphatic heterocycles. The minimum absolute atomic E-state index is 0.0399. The van der Waals surface area contributed by atoms with Gasteiger partial charge in [0.15, 0.2) is 5.82 Å². The van der Waals surface area contributed by atoms with Crippen molar-refractivity contribution in [1.82, 2.24) is 19.9 Å². The van der Waals surface area contributed by atoms with Gasteiger partial charge in [0.25, 0.3) is 0 Å². The second-order valence-electron chi connectivity index (χ2n) is 9.71. The van der Waals surface area contributed by atoms with E-state index in [1.165, 1.54) is 17.7 Å². The molecule has 2 aromatic carbocycles. The Labute approximate surface area is 213 Å². The Kier molecular flexibility index (Phi) is 6.10. The zero-order chi connectivity index (χ0) is 24.8. The number of ether oxygens (including phenoxy) is 2. The quantitative estimate of drug-likeness (QED) is 0.403. The third kappa shape index (κ3) is 4.23. The number of benzene rings is 2. The Morgan fingerprint density at radius 1 is 1.17 bits per heavy atom. The fraction of sp³-hybridized carbons (Fsp3) is 0.423. The van der Waals surface area contributed by atoms with Crippen molar-refractivity contribution in [2.24, 2.45) is 5.92 Å². The summed E-state index contributed by atoms with van der Waals surface area (Å²) in [4.78, 5) is 18.0. The third-order valence-corrected chi connectivity index (χ3v) is 8.18. The average molecular weight is 509 g/mol. The summed E-state index contributed by atoms with van der Waals surface area (Å²) in [5.41, 5.74) is 4.45. The summed E-state index contributed by atoms with van der Waals surface area (Å²) in [5, 5.41) is 3.94. The zero-order valence-electron chi connectivity index (χ0n) is 20.6. The van der Waals surface area contributed by atoms with Gasteiger partial charge >= 0.3 is 0 Å². The second kappa shape index (κ2) is 9.42. The highest BCUT2D eigenvalue weighted by Gasteiger charge is 2.29. The Morgan fingerprint density at radius 3 is 2.81 bits per heavy atom. The number of thiazole rings is 1. The van der Waals surface area contributed by atoms with Gasteiger partial charge in [-0.1, -0.05) is 0 Å². The first-order valence-corrected chi connectivity index (χ1v) is 13.1. The van der Waals surface area contributed by atoms with Crippen molar-refractivity contribution in [3.8, 4) is 5.75 Å². The minimum Gasteiger partial charge on any atom is -0.489 e. The summed E-state index contributed by atoms with van der Waals surface area (Å²) in [7, 11) is 2.16. The molecule has 2 fully saturated rings. The molecule has 8 nitrogen and oxygen atoms in total. The first-order valence-electron chi connectivity index (χ1n) is 12.2. The lowest BCUT2D eigenvalue weighted by Gasteiger charge is -2.39. The summed E-state index contributed by atoms with van der Waals surface area (Å²) < 4.78 is 27.7. The number of nitrogens with zero attached hydrogens (tertiary/aromatic N) is 5. The number of hydrogen-bond acceptors (Lipinski definition) is 9. The number of hydrogen-bond donors (Lipinski definition) is 1. The molecule has 4 aromatic rings. The summed E-state index contributed by atoms with van der Waals surface area (Å²) in [5.74, 6) is 1.19. The Morgan fingerprint density at radius 2 is 2.03 bits per heavy atom. The monoisotopic (exact) mass is 508 g/mol. The fourth-order valence-corrected chi connectivity index (χ4v) is 5.46. The largest absolute Gasteiger partial charge is 0.489 e. The first kappa shape index (κ1) is 23.3. The number of aromatic nitrogens is 3. The van der Waals surface area contributed by atoms with Crippen LogP contribution in [0.5, 0.6) is 5.75 Å². The van der Waals surface area contributed by atoms with Crippen molar-refractivity contribution in [1.29, 1.82) is 0 Å². The second-order valence-corrected chi connectivity index (χ2v) is 10.6. The van der Waals surface area contributed by atoms with Crippen molar-refractivity contribution >= 4 is 49.6 Å². The SMILES string of the molecule is C[C@@H](Oc1cc(N2CCN(C)[C@@H](C)C2)cc2ncnc(Nc3ccc4ncsc4c3F)c12)C1COC1. The smallest absolute Gasteiger partial charge is 0.166 e. The molecular formula is C26H29FN6O2S. The number of anilines is 3. The molecule has 6 rings (SSSR count). The molecular weight excluding hydrogens is 479 g/mol. The molecule has 2 aromatic heterocycles. The number of nitrogens with one attached hydrogen (secondary N) is 1. The van der Waals surface area contributed by atoms with E-state index in [0.717, 1.165) is 36.2 Å². The molecule has 0 spiro atoms. The minimum atomic E-state index is -0.341. The van der Waals surface area contributed by atoms with Gasteiger partial charge in [-0.15, -0.1) is 11.3 Å². The third-order valence-electron chi connectivity index (χ3n) is 7.34. The molecule has 10 heteroatoms. The van der Waals surface area contributed by atoms with Crippen molar-refractivity contribution in [3.63, 3.8) is 0 Å². The van der Waals surface area contributed by atoms with Crippen molar-refractivity contribution in [3.05, 3.63) is 41.9 Å². The van der Waals surface area contributed by atoms with Crippen LogP contribution in [0.1, 0.15) is 13.8 Å². The lowest BCUT2D eigenvalue weighted by molar-refractivity contribution is -0.0773. The number of piperazine rings is 1. The Hall–Kier alpha value is -3.08. The highest BCUT2D eigenvalue weighted by Crippen LogP contribution is 2.38. The van der Waals surface area contributed by atoms with E-state index in [0.29, 0.717) is 52.6 Å².